The van der Waals surface area contributed by atoms with Crippen molar-refractivity contribution >= 4 is 17.1 Å². The van der Waals surface area contributed by atoms with Gasteiger partial charge in [-0.1, -0.05) is 0 Å². The van der Waals surface area contributed by atoms with Gasteiger partial charge in [0, 0.05) is 62.4 Å². The number of hydrogen-bond donors (Lipinski definition) is 1. The van der Waals surface area contributed by atoms with E-state index in [0.717, 1.165) is 28.5 Å². The monoisotopic (exact) mass is 431 g/mol. The van der Waals surface area contributed by atoms with Crippen LogP contribution in [0.4, 0.5) is 5.95 Å². The Bertz CT molecular complexity index is 1210. The fourth-order valence-electron chi connectivity index (χ4n) is 5.10. The molecule has 1 N–H and O–H groups in total. The van der Waals surface area contributed by atoms with Crippen LogP contribution in [0.3, 0.4) is 0 Å². The van der Waals surface area contributed by atoms with Gasteiger partial charge in [-0.15, -0.1) is 5.10 Å². The quantitative estimate of drug-likeness (QED) is 0.532. The van der Waals surface area contributed by atoms with Gasteiger partial charge in [0.25, 0.3) is 0 Å². The molecule has 1 aliphatic carbocycles. The first-order valence-electron chi connectivity index (χ1n) is 11.6. The van der Waals surface area contributed by atoms with E-state index in [1.807, 2.05) is 41.3 Å². The first-order chi connectivity index (χ1) is 15.7. The van der Waals surface area contributed by atoms with Gasteiger partial charge < -0.3 is 10.2 Å². The summed E-state index contributed by atoms with van der Waals surface area (Å²) in [7, 11) is 2.22. The van der Waals surface area contributed by atoms with E-state index in [1.54, 1.807) is 10.7 Å². The van der Waals surface area contributed by atoms with Gasteiger partial charge in [-0.25, -0.2) is 19.0 Å². The molecule has 32 heavy (non-hydrogen) atoms. The highest BCUT2D eigenvalue weighted by molar-refractivity contribution is 5.78. The normalized spacial score (nSPS) is 23.2. The second-order valence-corrected chi connectivity index (χ2v) is 9.08. The van der Waals surface area contributed by atoms with Gasteiger partial charge in [0.2, 0.25) is 5.95 Å². The summed E-state index contributed by atoms with van der Waals surface area (Å²) in [4.78, 5) is 14.0. The number of nitrogens with zero attached hydrogens (tertiary/aromatic N) is 8. The molecule has 0 bridgehead atoms. The van der Waals surface area contributed by atoms with Crippen molar-refractivity contribution in [3.8, 4) is 11.3 Å². The number of imidazole rings is 1. The molecule has 166 valence electrons. The van der Waals surface area contributed by atoms with E-state index in [-0.39, 0.29) is 0 Å². The van der Waals surface area contributed by atoms with Gasteiger partial charge in [0.15, 0.2) is 5.65 Å². The van der Waals surface area contributed by atoms with Crippen molar-refractivity contribution in [2.45, 2.75) is 37.8 Å². The van der Waals surface area contributed by atoms with Gasteiger partial charge in [-0.3, -0.25) is 4.90 Å². The molecule has 0 amide bonds. The number of aromatic nitrogens is 6. The standard InChI is InChI=1S/C23H29N9/c1-29-12-14-30(15-13-29)18-4-2-17(3-5-18)26-23-25-16-21-19(8-10-31(21)28-23)20-6-7-22-24-9-11-32(22)27-20/h6-11,16-18H,2-5,12-15H2,1H3,(H,26,28)/t17-,18-. The smallest absolute Gasteiger partial charge is 0.241 e. The Morgan fingerprint density at radius 3 is 2.56 bits per heavy atom. The summed E-state index contributed by atoms with van der Waals surface area (Å²) < 4.78 is 3.68. The second kappa shape index (κ2) is 8.14. The van der Waals surface area contributed by atoms with Gasteiger partial charge in [0.1, 0.15) is 0 Å². The van der Waals surface area contributed by atoms with Crippen LogP contribution in [0, 0.1) is 0 Å². The van der Waals surface area contributed by atoms with Crippen molar-refractivity contribution in [3.63, 3.8) is 0 Å². The molecule has 0 atom stereocenters. The fourth-order valence-corrected chi connectivity index (χ4v) is 5.10. The topological polar surface area (TPSA) is 78.9 Å². The minimum atomic E-state index is 0.441. The third kappa shape index (κ3) is 3.71. The number of hydrogen-bond acceptors (Lipinski definition) is 7. The van der Waals surface area contributed by atoms with Crippen molar-refractivity contribution in [1.82, 2.24) is 39.0 Å². The van der Waals surface area contributed by atoms with Crippen molar-refractivity contribution in [2.75, 3.05) is 38.5 Å². The van der Waals surface area contributed by atoms with Gasteiger partial charge in [-0.2, -0.15) is 5.10 Å². The van der Waals surface area contributed by atoms with Crippen LogP contribution in [-0.4, -0.2) is 84.3 Å². The van der Waals surface area contributed by atoms with Crippen LogP contribution in [0.1, 0.15) is 25.7 Å². The molecule has 0 unspecified atom stereocenters. The lowest BCUT2D eigenvalue weighted by Gasteiger charge is -2.41. The van der Waals surface area contributed by atoms with E-state index >= 15 is 0 Å². The lowest BCUT2D eigenvalue weighted by molar-refractivity contribution is 0.0893. The number of fused-ring (bicyclic) bond motifs is 2. The third-order valence-corrected chi connectivity index (χ3v) is 7.03. The molecule has 4 aromatic rings. The lowest BCUT2D eigenvalue weighted by atomic mass is 9.90. The van der Waals surface area contributed by atoms with E-state index in [9.17, 15) is 0 Å². The molecule has 1 aliphatic heterocycles. The van der Waals surface area contributed by atoms with E-state index in [0.29, 0.717) is 12.0 Å². The molecular weight excluding hydrogens is 402 g/mol. The summed E-state index contributed by atoms with van der Waals surface area (Å²) in [5.74, 6) is 0.695. The Labute approximate surface area is 187 Å². The highest BCUT2D eigenvalue weighted by atomic mass is 15.3. The predicted molar refractivity (Wildman–Crippen MR) is 124 cm³/mol. The van der Waals surface area contributed by atoms with Gasteiger partial charge in [0.05, 0.1) is 17.4 Å². The average molecular weight is 432 g/mol. The van der Waals surface area contributed by atoms with Crippen molar-refractivity contribution in [1.29, 1.82) is 0 Å². The van der Waals surface area contributed by atoms with Crippen LogP contribution in [0.2, 0.25) is 0 Å². The zero-order valence-corrected chi connectivity index (χ0v) is 18.4. The molecule has 0 spiro atoms. The number of nitrogens with one attached hydrogen (secondary N) is 1. The molecule has 0 aromatic carbocycles. The molecule has 2 aliphatic rings. The number of rotatable bonds is 4. The van der Waals surface area contributed by atoms with E-state index < -0.39 is 0 Å². The molecule has 1 saturated heterocycles. The van der Waals surface area contributed by atoms with Crippen LogP contribution < -0.4 is 5.32 Å². The maximum absolute atomic E-state index is 4.72. The molecule has 0 radical (unpaired) electrons. The maximum Gasteiger partial charge on any atom is 0.241 e. The van der Waals surface area contributed by atoms with Crippen LogP contribution in [0.25, 0.3) is 22.4 Å². The molecule has 9 heteroatoms. The molecule has 4 aromatic heterocycles. The van der Waals surface area contributed by atoms with Crippen LogP contribution >= 0.6 is 0 Å². The summed E-state index contributed by atoms with van der Waals surface area (Å²) in [5.41, 5.74) is 3.67. The molecule has 5 heterocycles. The fraction of sp³-hybridized carbons (Fsp3) is 0.478. The summed E-state index contributed by atoms with van der Waals surface area (Å²) >= 11 is 0. The van der Waals surface area contributed by atoms with E-state index in [2.05, 4.69) is 37.2 Å². The minimum absolute atomic E-state index is 0.441. The lowest BCUT2D eigenvalue weighted by Crippen LogP contribution is -2.50. The largest absolute Gasteiger partial charge is 0.350 e. The Hall–Kier alpha value is -3.04. The minimum Gasteiger partial charge on any atom is -0.350 e. The molecule has 9 nitrogen and oxygen atoms in total. The van der Waals surface area contributed by atoms with Crippen molar-refractivity contribution in [3.05, 3.63) is 43.0 Å². The Balaban J connectivity index is 1.13. The third-order valence-electron chi connectivity index (χ3n) is 7.03. The second-order valence-electron chi connectivity index (χ2n) is 9.08. The highest BCUT2D eigenvalue weighted by Crippen LogP contribution is 2.27. The first kappa shape index (κ1) is 19.6. The maximum atomic E-state index is 4.72. The van der Waals surface area contributed by atoms with Crippen molar-refractivity contribution in [2.24, 2.45) is 0 Å². The summed E-state index contributed by atoms with van der Waals surface area (Å²) in [6.45, 7) is 4.79. The highest BCUT2D eigenvalue weighted by Gasteiger charge is 2.28. The number of likely N-dealkylation sites (N-methyl/N-ethyl adjacent to an activating group) is 1. The van der Waals surface area contributed by atoms with E-state index in [4.69, 9.17) is 5.10 Å². The Morgan fingerprint density at radius 1 is 0.875 bits per heavy atom. The summed E-state index contributed by atoms with van der Waals surface area (Å²) in [5, 5.41) is 12.9. The van der Waals surface area contributed by atoms with Crippen LogP contribution in [0.15, 0.2) is 43.0 Å². The van der Waals surface area contributed by atoms with Crippen LogP contribution in [-0.2, 0) is 0 Å². The zero-order chi connectivity index (χ0) is 21.5. The first-order valence-corrected chi connectivity index (χ1v) is 11.6. The predicted octanol–water partition coefficient (Wildman–Crippen LogP) is 2.41. The number of piperazine rings is 1. The van der Waals surface area contributed by atoms with Gasteiger partial charge in [-0.05, 0) is 50.9 Å². The SMILES string of the molecule is CN1CCN([C@H]2CC[C@H](Nc3ncc4c(-c5ccc6nccn6n5)ccn4n3)CC2)CC1. The summed E-state index contributed by atoms with van der Waals surface area (Å²) in [6.07, 6.45) is 12.3. The average Bonchev–Trinajstić information content (AvgIpc) is 3.46. The molecular formula is C23H29N9. The number of anilines is 1. The molecule has 6 rings (SSSR count). The van der Waals surface area contributed by atoms with Gasteiger partial charge >= 0.3 is 0 Å². The van der Waals surface area contributed by atoms with E-state index in [1.165, 1.54) is 51.9 Å². The summed E-state index contributed by atoms with van der Waals surface area (Å²) in [6, 6.07) is 7.18. The molecule has 2 fully saturated rings. The Morgan fingerprint density at radius 2 is 1.72 bits per heavy atom. The molecule has 1 saturated carbocycles. The zero-order valence-electron chi connectivity index (χ0n) is 18.4. The Kier molecular flexibility index (Phi) is 4.99. The van der Waals surface area contributed by atoms with Crippen molar-refractivity contribution < 1.29 is 0 Å². The van der Waals surface area contributed by atoms with Crippen LogP contribution in [0.5, 0.6) is 0 Å².